The van der Waals surface area contributed by atoms with Crippen molar-refractivity contribution in [3.63, 3.8) is 0 Å². The van der Waals surface area contributed by atoms with Crippen molar-refractivity contribution in [1.29, 1.82) is 0 Å². The van der Waals surface area contributed by atoms with Gasteiger partial charge in [0.2, 0.25) is 10.0 Å². The van der Waals surface area contributed by atoms with E-state index in [2.05, 4.69) is 0 Å². The van der Waals surface area contributed by atoms with Crippen LogP contribution in [0.25, 0.3) is 10.8 Å². The first kappa shape index (κ1) is 26.1. The SMILES string of the molecule is CN(C)c1cccc2c(S(=O)(=O)N(C)CCCC(=O)OCc3ccc(C(=O)NN)cc3)cccc12. The Morgan fingerprint density at radius 3 is 2.26 bits per heavy atom. The maximum atomic E-state index is 13.3. The average molecular weight is 499 g/mol. The minimum absolute atomic E-state index is 0.0573. The number of carbonyl (C=O) groups is 2. The number of nitrogens with two attached hydrogens (primary N) is 1. The predicted molar refractivity (Wildman–Crippen MR) is 135 cm³/mol. The Morgan fingerprint density at radius 2 is 1.60 bits per heavy atom. The molecule has 0 saturated heterocycles. The maximum Gasteiger partial charge on any atom is 0.306 e. The standard InChI is InChI=1S/C25H30N4O5S/c1-28(2)22-9-4-8-21-20(22)7-5-10-23(21)35(32,33)29(3)16-6-11-24(30)34-17-18-12-14-19(15-13-18)25(31)27-26/h4-5,7-10,12-15H,6,11,16-17,26H2,1-3H3,(H,27,31). The number of sulfonamides is 1. The van der Waals surface area contributed by atoms with Crippen LogP contribution in [0.1, 0.15) is 28.8 Å². The van der Waals surface area contributed by atoms with Gasteiger partial charge in [-0.15, -0.1) is 0 Å². The Kier molecular flexibility index (Phi) is 8.44. The van der Waals surface area contributed by atoms with Gasteiger partial charge in [-0.25, -0.2) is 18.6 Å². The fourth-order valence-corrected chi connectivity index (χ4v) is 5.10. The molecule has 10 heteroatoms. The molecule has 0 aromatic heterocycles. The molecule has 0 fully saturated rings. The van der Waals surface area contributed by atoms with Crippen LogP contribution in [-0.2, 0) is 26.2 Å². The number of carbonyl (C=O) groups excluding carboxylic acids is 2. The number of nitrogen functional groups attached to an aromatic ring is 1. The Bertz CT molecular complexity index is 1310. The largest absolute Gasteiger partial charge is 0.461 e. The third-order valence-electron chi connectivity index (χ3n) is 5.63. The van der Waals surface area contributed by atoms with Crippen molar-refractivity contribution in [1.82, 2.24) is 9.73 Å². The normalized spacial score (nSPS) is 11.5. The van der Waals surface area contributed by atoms with Gasteiger partial charge in [-0.05, 0) is 36.2 Å². The van der Waals surface area contributed by atoms with Gasteiger partial charge in [0.25, 0.3) is 5.91 Å². The summed E-state index contributed by atoms with van der Waals surface area (Å²) in [6.07, 6.45) is 0.395. The highest BCUT2D eigenvalue weighted by Gasteiger charge is 2.23. The minimum Gasteiger partial charge on any atom is -0.461 e. The van der Waals surface area contributed by atoms with Crippen molar-refractivity contribution in [2.24, 2.45) is 5.84 Å². The minimum atomic E-state index is -3.75. The van der Waals surface area contributed by atoms with Gasteiger partial charge in [0.05, 0.1) is 4.90 Å². The van der Waals surface area contributed by atoms with Gasteiger partial charge in [0, 0.05) is 56.1 Å². The summed E-state index contributed by atoms with van der Waals surface area (Å²) in [7, 11) is 1.58. The number of esters is 1. The number of anilines is 1. The smallest absolute Gasteiger partial charge is 0.306 e. The van der Waals surface area contributed by atoms with Crippen molar-refractivity contribution in [3.8, 4) is 0 Å². The number of benzene rings is 3. The molecule has 0 saturated carbocycles. The van der Waals surface area contributed by atoms with Gasteiger partial charge in [-0.3, -0.25) is 15.0 Å². The van der Waals surface area contributed by atoms with Crippen LogP contribution in [0.4, 0.5) is 5.69 Å². The van der Waals surface area contributed by atoms with E-state index >= 15 is 0 Å². The van der Waals surface area contributed by atoms with Crippen LogP contribution >= 0.6 is 0 Å². The molecule has 0 spiro atoms. The summed E-state index contributed by atoms with van der Waals surface area (Å²) in [4.78, 5) is 25.8. The molecule has 3 N–H and O–H groups in total. The van der Waals surface area contributed by atoms with Crippen molar-refractivity contribution < 1.29 is 22.7 Å². The van der Waals surface area contributed by atoms with E-state index in [0.29, 0.717) is 17.4 Å². The van der Waals surface area contributed by atoms with Crippen molar-refractivity contribution >= 4 is 38.4 Å². The highest BCUT2D eigenvalue weighted by molar-refractivity contribution is 7.89. The molecule has 9 nitrogen and oxygen atoms in total. The highest BCUT2D eigenvalue weighted by atomic mass is 32.2. The molecule has 186 valence electrons. The second-order valence-electron chi connectivity index (χ2n) is 8.28. The number of rotatable bonds is 10. The Labute approximate surface area is 205 Å². The van der Waals surface area contributed by atoms with Crippen LogP contribution in [0.5, 0.6) is 0 Å². The van der Waals surface area contributed by atoms with E-state index in [1.165, 1.54) is 11.4 Å². The lowest BCUT2D eigenvalue weighted by Crippen LogP contribution is -2.29. The molecule has 1 amide bonds. The van der Waals surface area contributed by atoms with Gasteiger partial charge in [0.1, 0.15) is 6.61 Å². The molecule has 0 aliphatic rings. The van der Waals surface area contributed by atoms with Crippen molar-refractivity contribution in [2.75, 3.05) is 32.6 Å². The summed E-state index contributed by atoms with van der Waals surface area (Å²) in [6.45, 7) is 0.228. The van der Waals surface area contributed by atoms with Gasteiger partial charge in [0.15, 0.2) is 0 Å². The third-order valence-corrected chi connectivity index (χ3v) is 7.55. The summed E-state index contributed by atoms with van der Waals surface area (Å²) in [5.74, 6) is 4.26. The molecule has 0 unspecified atom stereocenters. The molecule has 0 atom stereocenters. The summed E-state index contributed by atoms with van der Waals surface area (Å²) in [5.41, 5.74) is 4.10. The Morgan fingerprint density at radius 1 is 0.943 bits per heavy atom. The first-order valence-electron chi connectivity index (χ1n) is 11.1. The molecule has 0 heterocycles. The molecule has 0 radical (unpaired) electrons. The number of hydrazine groups is 1. The first-order valence-corrected chi connectivity index (χ1v) is 12.5. The maximum absolute atomic E-state index is 13.3. The molecular formula is C25H30N4O5S. The lowest BCUT2D eigenvalue weighted by atomic mass is 10.1. The van der Waals surface area contributed by atoms with Crippen LogP contribution in [0, 0.1) is 0 Å². The van der Waals surface area contributed by atoms with Crippen LogP contribution in [0.2, 0.25) is 0 Å². The summed E-state index contributed by atoms with van der Waals surface area (Å²) in [6, 6.07) is 17.3. The van der Waals surface area contributed by atoms with Crippen molar-refractivity contribution in [3.05, 3.63) is 71.8 Å². The summed E-state index contributed by atoms with van der Waals surface area (Å²) >= 11 is 0. The topological polar surface area (TPSA) is 122 Å². The molecule has 0 aliphatic carbocycles. The van der Waals surface area contributed by atoms with Crippen LogP contribution in [0.15, 0.2) is 65.6 Å². The van der Waals surface area contributed by atoms with Gasteiger partial charge < -0.3 is 9.64 Å². The molecule has 3 aromatic carbocycles. The van der Waals surface area contributed by atoms with Gasteiger partial charge in [-0.2, -0.15) is 0 Å². The van der Waals surface area contributed by atoms with Crippen molar-refractivity contribution in [2.45, 2.75) is 24.3 Å². The second kappa shape index (κ2) is 11.3. The number of fused-ring (bicyclic) bond motifs is 1. The van der Waals surface area contributed by atoms with Crippen LogP contribution in [-0.4, -0.2) is 52.3 Å². The van der Waals surface area contributed by atoms with Gasteiger partial charge in [-0.1, -0.05) is 36.4 Å². The number of ether oxygens (including phenoxy) is 1. The lowest BCUT2D eigenvalue weighted by molar-refractivity contribution is -0.145. The average Bonchev–Trinajstić information content (AvgIpc) is 2.86. The summed E-state index contributed by atoms with van der Waals surface area (Å²) < 4.78 is 33.1. The highest BCUT2D eigenvalue weighted by Crippen LogP contribution is 2.31. The van der Waals surface area contributed by atoms with E-state index in [-0.39, 0.29) is 24.5 Å². The van der Waals surface area contributed by atoms with Crippen LogP contribution < -0.4 is 16.2 Å². The lowest BCUT2D eigenvalue weighted by Gasteiger charge is -2.20. The number of amides is 1. The number of hydrogen-bond acceptors (Lipinski definition) is 7. The van der Waals surface area contributed by atoms with E-state index in [9.17, 15) is 18.0 Å². The zero-order chi connectivity index (χ0) is 25.6. The van der Waals surface area contributed by atoms with Crippen LogP contribution in [0.3, 0.4) is 0 Å². The predicted octanol–water partition coefficient (Wildman–Crippen LogP) is 2.65. The molecule has 0 bridgehead atoms. The Balaban J connectivity index is 1.57. The molecule has 3 aromatic rings. The zero-order valence-electron chi connectivity index (χ0n) is 20.0. The zero-order valence-corrected chi connectivity index (χ0v) is 20.8. The molecule has 35 heavy (non-hydrogen) atoms. The summed E-state index contributed by atoms with van der Waals surface area (Å²) in [5, 5.41) is 1.51. The third kappa shape index (κ3) is 6.16. The molecule has 0 aliphatic heterocycles. The van der Waals surface area contributed by atoms with E-state index in [4.69, 9.17) is 10.6 Å². The fourth-order valence-electron chi connectivity index (χ4n) is 3.69. The van der Waals surface area contributed by atoms with E-state index in [1.807, 2.05) is 42.6 Å². The number of nitrogens with zero attached hydrogens (tertiary/aromatic N) is 2. The monoisotopic (exact) mass is 498 g/mol. The molecule has 3 rings (SSSR count). The number of nitrogens with one attached hydrogen (secondary N) is 1. The Hall–Kier alpha value is -3.47. The fraction of sp³-hybridized carbons (Fsp3) is 0.280. The van der Waals surface area contributed by atoms with Gasteiger partial charge >= 0.3 is 5.97 Å². The quantitative estimate of drug-likeness (QED) is 0.191. The number of hydrogen-bond donors (Lipinski definition) is 2. The first-order chi connectivity index (χ1) is 16.6. The van der Waals surface area contributed by atoms with E-state index in [0.717, 1.165) is 16.6 Å². The van der Waals surface area contributed by atoms with E-state index < -0.39 is 21.9 Å². The van der Waals surface area contributed by atoms with E-state index in [1.54, 1.807) is 42.5 Å². The second-order valence-corrected chi connectivity index (χ2v) is 10.3. The molecular weight excluding hydrogens is 468 g/mol.